The maximum atomic E-state index is 14.4. The van der Waals surface area contributed by atoms with Gasteiger partial charge in [-0.25, -0.2) is 0 Å². The van der Waals surface area contributed by atoms with E-state index in [2.05, 4.69) is 0 Å². The SMILES string of the molecule is COC(C)(CC(F)(F)C(F)(F)C(F)(F)C(F)(F)C(F)(F)F)c1ccccc1CC(C)C. The molecule has 1 rings (SSSR count). The van der Waals surface area contributed by atoms with Crippen molar-refractivity contribution >= 4 is 0 Å². The number of hydrogen-bond acceptors (Lipinski definition) is 1. The minimum atomic E-state index is -7.44. The second-order valence-corrected chi connectivity index (χ2v) is 7.79. The van der Waals surface area contributed by atoms with Crippen molar-refractivity contribution in [3.8, 4) is 0 Å². The van der Waals surface area contributed by atoms with Gasteiger partial charge >= 0.3 is 29.9 Å². The Balaban J connectivity index is 3.50. The predicted octanol–water partition coefficient (Wildman–Crippen LogP) is 7.24. The van der Waals surface area contributed by atoms with Crippen LogP contribution in [-0.2, 0) is 16.8 Å². The molecule has 0 fully saturated rings. The highest BCUT2D eigenvalue weighted by Gasteiger charge is 2.87. The van der Waals surface area contributed by atoms with Gasteiger partial charge in [0.05, 0.1) is 12.0 Å². The van der Waals surface area contributed by atoms with E-state index in [9.17, 15) is 48.3 Å². The zero-order valence-electron chi connectivity index (χ0n) is 16.9. The number of benzene rings is 1. The summed E-state index contributed by atoms with van der Waals surface area (Å²) in [7, 11) is 0.794. The zero-order valence-corrected chi connectivity index (χ0v) is 16.9. The van der Waals surface area contributed by atoms with Crippen molar-refractivity contribution in [1.29, 1.82) is 0 Å². The van der Waals surface area contributed by atoms with Crippen LogP contribution in [0, 0.1) is 5.92 Å². The van der Waals surface area contributed by atoms with Gasteiger partial charge in [-0.2, -0.15) is 48.3 Å². The van der Waals surface area contributed by atoms with Gasteiger partial charge in [0.2, 0.25) is 0 Å². The smallest absolute Gasteiger partial charge is 0.374 e. The Morgan fingerprint density at radius 1 is 0.774 bits per heavy atom. The van der Waals surface area contributed by atoms with Gasteiger partial charge in [-0.3, -0.25) is 0 Å². The van der Waals surface area contributed by atoms with Gasteiger partial charge in [-0.1, -0.05) is 38.1 Å². The van der Waals surface area contributed by atoms with Crippen LogP contribution in [0.25, 0.3) is 0 Å². The largest absolute Gasteiger partial charge is 0.460 e. The Morgan fingerprint density at radius 2 is 1.26 bits per heavy atom. The van der Waals surface area contributed by atoms with Gasteiger partial charge in [0.1, 0.15) is 0 Å². The molecule has 0 spiro atoms. The molecule has 0 aromatic heterocycles. The van der Waals surface area contributed by atoms with Crippen LogP contribution in [0.2, 0.25) is 0 Å². The molecule has 0 aliphatic carbocycles. The van der Waals surface area contributed by atoms with Gasteiger partial charge in [-0.05, 0) is 30.4 Å². The topological polar surface area (TPSA) is 9.23 Å². The van der Waals surface area contributed by atoms with Crippen molar-refractivity contribution in [3.63, 3.8) is 0 Å². The van der Waals surface area contributed by atoms with Gasteiger partial charge in [0.25, 0.3) is 0 Å². The van der Waals surface area contributed by atoms with E-state index in [1.54, 1.807) is 13.8 Å². The van der Waals surface area contributed by atoms with E-state index < -0.39 is 41.9 Å². The Kier molecular flexibility index (Phi) is 7.44. The molecule has 1 aromatic carbocycles. The monoisotopic (exact) mass is 474 g/mol. The molecule has 1 nitrogen and oxygen atoms in total. The van der Waals surface area contributed by atoms with Crippen LogP contribution < -0.4 is 0 Å². The van der Waals surface area contributed by atoms with Crippen LogP contribution in [0.3, 0.4) is 0 Å². The number of hydrogen-bond donors (Lipinski definition) is 0. The maximum Gasteiger partial charge on any atom is 0.460 e. The molecule has 0 aliphatic rings. The van der Waals surface area contributed by atoms with Crippen molar-refractivity contribution < 1.29 is 53.0 Å². The highest BCUT2D eigenvalue weighted by Crippen LogP contribution is 2.59. The predicted molar refractivity (Wildman–Crippen MR) is 89.8 cm³/mol. The Morgan fingerprint density at radius 3 is 1.68 bits per heavy atom. The van der Waals surface area contributed by atoms with Crippen molar-refractivity contribution in [2.45, 2.75) is 69.1 Å². The summed E-state index contributed by atoms with van der Waals surface area (Å²) in [6.07, 6.45) is -9.24. The molecule has 0 saturated heterocycles. The zero-order chi connectivity index (χ0) is 24.7. The lowest BCUT2D eigenvalue weighted by Crippen LogP contribution is -2.67. The first-order chi connectivity index (χ1) is 13.7. The Bertz CT molecular complexity index is 755. The molecule has 0 amide bonds. The molecule has 1 atom stereocenters. The van der Waals surface area contributed by atoms with Crippen molar-refractivity contribution in [3.05, 3.63) is 35.4 Å². The van der Waals surface area contributed by atoms with Crippen LogP contribution in [0.4, 0.5) is 48.3 Å². The number of rotatable bonds is 9. The van der Waals surface area contributed by atoms with Gasteiger partial charge in [0.15, 0.2) is 0 Å². The summed E-state index contributed by atoms with van der Waals surface area (Å²) in [4.78, 5) is 0. The molecule has 0 aliphatic heterocycles. The summed E-state index contributed by atoms with van der Waals surface area (Å²) in [6, 6.07) is 5.44. The first-order valence-corrected chi connectivity index (χ1v) is 8.89. The normalized spacial score (nSPS) is 16.5. The third-order valence-electron chi connectivity index (χ3n) is 4.83. The molecule has 0 heterocycles. The fraction of sp³-hybridized carbons (Fsp3) is 0.684. The second kappa shape index (κ2) is 8.40. The minimum Gasteiger partial charge on any atom is -0.374 e. The first kappa shape index (κ1) is 27.4. The van der Waals surface area contributed by atoms with E-state index in [0.29, 0.717) is 5.56 Å². The summed E-state index contributed by atoms with van der Waals surface area (Å²) in [6.45, 7) is 4.31. The summed E-state index contributed by atoms with van der Waals surface area (Å²) in [5.74, 6) is -28.0. The third-order valence-corrected chi connectivity index (χ3v) is 4.83. The van der Waals surface area contributed by atoms with Crippen LogP contribution in [0.1, 0.15) is 38.3 Å². The lowest BCUT2D eigenvalue weighted by molar-refractivity contribution is -0.424. The molecule has 1 aromatic rings. The average molecular weight is 474 g/mol. The number of alkyl halides is 11. The fourth-order valence-electron chi connectivity index (χ4n) is 3.07. The molecule has 12 heteroatoms. The lowest BCUT2D eigenvalue weighted by Gasteiger charge is -2.41. The molecule has 0 bridgehead atoms. The number of methoxy groups -OCH3 is 1. The van der Waals surface area contributed by atoms with Crippen molar-refractivity contribution in [1.82, 2.24) is 0 Å². The summed E-state index contributed by atoms with van der Waals surface area (Å²) in [5.41, 5.74) is -2.21. The van der Waals surface area contributed by atoms with E-state index in [4.69, 9.17) is 4.74 Å². The summed E-state index contributed by atoms with van der Waals surface area (Å²) in [5, 5.41) is 0. The van der Waals surface area contributed by atoms with Crippen LogP contribution in [-0.4, -0.2) is 37.0 Å². The van der Waals surface area contributed by atoms with Crippen molar-refractivity contribution in [2.24, 2.45) is 5.92 Å². The van der Waals surface area contributed by atoms with E-state index in [1.165, 1.54) is 24.3 Å². The fourth-order valence-corrected chi connectivity index (χ4v) is 3.07. The highest BCUT2D eigenvalue weighted by molar-refractivity contribution is 5.33. The highest BCUT2D eigenvalue weighted by atomic mass is 19.4. The molecule has 180 valence electrons. The van der Waals surface area contributed by atoms with Crippen LogP contribution >= 0.6 is 0 Å². The average Bonchev–Trinajstić information content (AvgIpc) is 2.59. The number of halogens is 11. The molecular formula is C19H21F11O. The van der Waals surface area contributed by atoms with Gasteiger partial charge in [-0.15, -0.1) is 0 Å². The van der Waals surface area contributed by atoms with Gasteiger partial charge < -0.3 is 4.74 Å². The summed E-state index contributed by atoms with van der Waals surface area (Å²) >= 11 is 0. The summed E-state index contributed by atoms with van der Waals surface area (Å²) < 4.78 is 152. The minimum absolute atomic E-state index is 0.0565. The van der Waals surface area contributed by atoms with Crippen molar-refractivity contribution in [2.75, 3.05) is 7.11 Å². The maximum absolute atomic E-state index is 14.4. The van der Waals surface area contributed by atoms with E-state index >= 15 is 0 Å². The molecular weight excluding hydrogens is 453 g/mol. The molecule has 0 saturated carbocycles. The first-order valence-electron chi connectivity index (χ1n) is 8.89. The van der Waals surface area contributed by atoms with E-state index in [0.717, 1.165) is 14.0 Å². The van der Waals surface area contributed by atoms with Gasteiger partial charge in [0, 0.05) is 7.11 Å². The van der Waals surface area contributed by atoms with Crippen LogP contribution in [0.15, 0.2) is 24.3 Å². The molecule has 0 radical (unpaired) electrons. The molecule has 0 N–H and O–H groups in total. The standard InChI is InChI=1S/C19H21F11O/c1-11(2)9-12-7-5-6-8-13(12)14(3,31-4)10-15(20,21)16(22,23)17(24,25)18(26,27)19(28,29)30/h5-8,11H,9-10H2,1-4H3. The number of ether oxygens (including phenoxy) is 1. The molecule has 1 unspecified atom stereocenters. The Labute approximate surface area is 171 Å². The Hall–Kier alpha value is -1.59. The lowest BCUT2D eigenvalue weighted by atomic mass is 9.81. The second-order valence-electron chi connectivity index (χ2n) is 7.79. The van der Waals surface area contributed by atoms with E-state index in [-0.39, 0.29) is 17.9 Å². The quantitative estimate of drug-likeness (QED) is 0.343. The van der Waals surface area contributed by atoms with E-state index in [1.807, 2.05) is 0 Å². The molecule has 31 heavy (non-hydrogen) atoms. The van der Waals surface area contributed by atoms with Crippen LogP contribution in [0.5, 0.6) is 0 Å². The third kappa shape index (κ3) is 4.78.